The summed E-state index contributed by atoms with van der Waals surface area (Å²) in [5.41, 5.74) is -0.00231. The third-order valence-corrected chi connectivity index (χ3v) is 7.12. The van der Waals surface area contributed by atoms with E-state index in [1.807, 2.05) is 17.5 Å². The van der Waals surface area contributed by atoms with Crippen LogP contribution in [0, 0.1) is 0 Å². The van der Waals surface area contributed by atoms with Gasteiger partial charge in [-0.15, -0.1) is 23.1 Å². The Bertz CT molecular complexity index is 705. The standard InChI is InChI=1S/C13H15N2O5PS2/c1-20-21(18,19)10-4-6-23-13-11(12(17)15(10)13)14-9(16)7-8-3-2-5-22-8/h2-5,11,13H,6-7H2,1H3,(H,14,16)(H,18,19)/t11-,13+/m1/s1. The van der Waals surface area contributed by atoms with E-state index in [0.717, 1.165) is 12.0 Å². The first-order chi connectivity index (χ1) is 10.9. The second kappa shape index (κ2) is 6.41. The Morgan fingerprint density at radius 3 is 3.04 bits per heavy atom. The monoisotopic (exact) mass is 374 g/mol. The number of hydrogen-bond donors (Lipinski definition) is 2. The van der Waals surface area contributed by atoms with Crippen molar-refractivity contribution in [2.24, 2.45) is 0 Å². The van der Waals surface area contributed by atoms with Gasteiger partial charge >= 0.3 is 7.60 Å². The van der Waals surface area contributed by atoms with Crippen molar-refractivity contribution in [1.29, 1.82) is 0 Å². The minimum absolute atomic E-state index is 0.00231. The third kappa shape index (κ3) is 3.12. The van der Waals surface area contributed by atoms with Gasteiger partial charge in [-0.25, -0.2) is 0 Å². The smallest absolute Gasteiger partial charge is 0.341 e. The van der Waals surface area contributed by atoms with Gasteiger partial charge in [-0.05, 0) is 17.5 Å². The number of rotatable bonds is 5. The SMILES string of the molecule is COP(=O)(O)C1=CCS[C@H]2[C@H](NC(=O)Cc3cccs3)C(=O)N12. The van der Waals surface area contributed by atoms with Crippen LogP contribution in [0.25, 0.3) is 0 Å². The number of nitrogens with one attached hydrogen (secondary N) is 1. The summed E-state index contributed by atoms with van der Waals surface area (Å²) >= 11 is 2.91. The Balaban J connectivity index is 1.67. The van der Waals surface area contributed by atoms with E-state index in [1.54, 1.807) is 0 Å². The number of nitrogens with zero attached hydrogens (tertiary/aromatic N) is 1. The number of carbonyl (C=O) groups is 2. The fourth-order valence-corrected chi connectivity index (χ4v) is 5.58. The average molecular weight is 374 g/mol. The van der Waals surface area contributed by atoms with E-state index < -0.39 is 13.6 Å². The molecule has 124 valence electrons. The fourth-order valence-electron chi connectivity index (χ4n) is 2.47. The molecule has 1 fully saturated rings. The van der Waals surface area contributed by atoms with Gasteiger partial charge in [0.2, 0.25) is 5.91 Å². The first-order valence-corrected chi connectivity index (χ1v) is 10.3. The molecule has 23 heavy (non-hydrogen) atoms. The molecule has 0 aliphatic carbocycles. The van der Waals surface area contributed by atoms with Crippen molar-refractivity contribution in [3.8, 4) is 0 Å². The molecule has 0 bridgehead atoms. The van der Waals surface area contributed by atoms with Gasteiger partial charge in [0.1, 0.15) is 16.9 Å². The van der Waals surface area contributed by atoms with Gasteiger partial charge in [-0.2, -0.15) is 0 Å². The van der Waals surface area contributed by atoms with Crippen molar-refractivity contribution in [2.75, 3.05) is 12.9 Å². The van der Waals surface area contributed by atoms with Crippen LogP contribution in [0.5, 0.6) is 0 Å². The van der Waals surface area contributed by atoms with Crippen LogP contribution < -0.4 is 5.32 Å². The van der Waals surface area contributed by atoms with E-state index in [9.17, 15) is 19.0 Å². The Morgan fingerprint density at radius 1 is 1.61 bits per heavy atom. The topological polar surface area (TPSA) is 95.9 Å². The van der Waals surface area contributed by atoms with Crippen LogP contribution in [-0.4, -0.2) is 45.9 Å². The zero-order chi connectivity index (χ0) is 16.6. The molecule has 10 heteroatoms. The van der Waals surface area contributed by atoms with Crippen LogP contribution in [0.4, 0.5) is 0 Å². The summed E-state index contributed by atoms with van der Waals surface area (Å²) in [7, 11) is -2.87. The average Bonchev–Trinajstić information content (AvgIpc) is 3.04. The maximum atomic E-state index is 12.3. The van der Waals surface area contributed by atoms with Crippen molar-refractivity contribution in [3.05, 3.63) is 33.9 Å². The lowest BCUT2D eigenvalue weighted by Crippen LogP contribution is -2.69. The van der Waals surface area contributed by atoms with Crippen LogP contribution in [0.3, 0.4) is 0 Å². The van der Waals surface area contributed by atoms with Crippen LogP contribution in [-0.2, 0) is 25.1 Å². The second-order valence-corrected chi connectivity index (χ2v) is 9.04. The third-order valence-electron chi connectivity index (χ3n) is 3.59. The highest BCUT2D eigenvalue weighted by Gasteiger charge is 2.54. The Hall–Kier alpha value is -1.12. The number of carbonyl (C=O) groups excluding carboxylic acids is 2. The molecule has 0 radical (unpaired) electrons. The molecule has 3 rings (SSSR count). The summed E-state index contributed by atoms with van der Waals surface area (Å²) in [4.78, 5) is 36.3. The number of amides is 2. The highest BCUT2D eigenvalue weighted by Crippen LogP contribution is 2.56. The molecule has 3 atom stereocenters. The van der Waals surface area contributed by atoms with Crippen molar-refractivity contribution < 1.29 is 23.6 Å². The summed E-state index contributed by atoms with van der Waals surface area (Å²) in [6.07, 6.45) is 1.74. The molecule has 2 aliphatic heterocycles. The van der Waals surface area contributed by atoms with Gasteiger partial charge < -0.3 is 14.7 Å². The lowest BCUT2D eigenvalue weighted by Gasteiger charge is -2.49. The van der Waals surface area contributed by atoms with E-state index in [2.05, 4.69) is 9.84 Å². The van der Waals surface area contributed by atoms with Gasteiger partial charge in [0.25, 0.3) is 5.91 Å². The van der Waals surface area contributed by atoms with E-state index >= 15 is 0 Å². The molecular formula is C13H15N2O5PS2. The molecule has 1 unspecified atom stereocenters. The van der Waals surface area contributed by atoms with E-state index in [0.29, 0.717) is 5.75 Å². The summed E-state index contributed by atoms with van der Waals surface area (Å²) in [6.45, 7) is 0. The summed E-state index contributed by atoms with van der Waals surface area (Å²) < 4.78 is 16.6. The minimum atomic E-state index is -3.99. The number of fused-ring (bicyclic) bond motifs is 1. The molecule has 2 aliphatic rings. The van der Waals surface area contributed by atoms with Crippen LogP contribution in [0.15, 0.2) is 29.0 Å². The number of hydrogen-bond acceptors (Lipinski definition) is 6. The lowest BCUT2D eigenvalue weighted by atomic mass is 10.1. The number of thioether (sulfide) groups is 1. The van der Waals surface area contributed by atoms with Crippen molar-refractivity contribution >= 4 is 42.5 Å². The van der Waals surface area contributed by atoms with Gasteiger partial charge in [0.15, 0.2) is 0 Å². The van der Waals surface area contributed by atoms with E-state index in [-0.39, 0.29) is 29.0 Å². The van der Waals surface area contributed by atoms with Gasteiger partial charge in [0.05, 0.1) is 6.42 Å². The molecule has 2 N–H and O–H groups in total. The first kappa shape index (κ1) is 16.7. The normalized spacial score (nSPS) is 25.9. The highest BCUT2D eigenvalue weighted by atomic mass is 32.2. The molecular weight excluding hydrogens is 359 g/mol. The summed E-state index contributed by atoms with van der Waals surface area (Å²) in [5.74, 6) is -0.144. The zero-order valence-electron chi connectivity index (χ0n) is 12.2. The van der Waals surface area contributed by atoms with E-state index in [1.165, 1.54) is 34.1 Å². The Kier molecular flexibility index (Phi) is 4.66. The molecule has 0 saturated carbocycles. The molecule has 0 spiro atoms. The molecule has 2 amide bonds. The maximum absolute atomic E-state index is 12.3. The summed E-state index contributed by atoms with van der Waals surface area (Å²) in [5, 5.41) is 4.23. The molecule has 1 saturated heterocycles. The van der Waals surface area contributed by atoms with Crippen LogP contribution in [0.1, 0.15) is 4.88 Å². The Labute approximate surface area is 141 Å². The van der Waals surface area contributed by atoms with Crippen molar-refractivity contribution in [1.82, 2.24) is 10.2 Å². The molecule has 3 heterocycles. The molecule has 0 aromatic carbocycles. The van der Waals surface area contributed by atoms with Crippen LogP contribution >= 0.6 is 30.7 Å². The number of thiophene rings is 1. The first-order valence-electron chi connectivity index (χ1n) is 6.79. The molecule has 1 aromatic heterocycles. The van der Waals surface area contributed by atoms with Crippen LogP contribution in [0.2, 0.25) is 0 Å². The van der Waals surface area contributed by atoms with Gasteiger partial charge in [-0.1, -0.05) is 6.07 Å². The van der Waals surface area contributed by atoms with Gasteiger partial charge in [-0.3, -0.25) is 19.1 Å². The highest BCUT2D eigenvalue weighted by molar-refractivity contribution is 8.00. The second-order valence-electron chi connectivity index (χ2n) is 5.00. The number of β-lactam (4-membered cyclic amide) rings is 1. The van der Waals surface area contributed by atoms with E-state index in [4.69, 9.17) is 0 Å². The minimum Gasteiger partial charge on any atom is -0.341 e. The predicted molar refractivity (Wildman–Crippen MR) is 88.0 cm³/mol. The van der Waals surface area contributed by atoms with Crippen molar-refractivity contribution in [2.45, 2.75) is 17.8 Å². The predicted octanol–water partition coefficient (Wildman–Crippen LogP) is 1.36. The maximum Gasteiger partial charge on any atom is 0.374 e. The molecule has 7 nitrogen and oxygen atoms in total. The lowest BCUT2D eigenvalue weighted by molar-refractivity contribution is -0.145. The largest absolute Gasteiger partial charge is 0.374 e. The zero-order valence-corrected chi connectivity index (χ0v) is 14.7. The van der Waals surface area contributed by atoms with Crippen molar-refractivity contribution in [3.63, 3.8) is 0 Å². The fraction of sp³-hybridized carbons (Fsp3) is 0.385. The Morgan fingerprint density at radius 2 is 2.39 bits per heavy atom. The van der Waals surface area contributed by atoms with Gasteiger partial charge in [0, 0.05) is 17.7 Å². The molecule has 1 aromatic rings. The quantitative estimate of drug-likeness (QED) is 0.597. The summed E-state index contributed by atoms with van der Waals surface area (Å²) in [6, 6.07) is 3.05.